The normalized spacial score (nSPS) is 21.1. The van der Waals surface area contributed by atoms with Gasteiger partial charge in [-0.15, -0.1) is 0 Å². The van der Waals surface area contributed by atoms with Crippen LogP contribution in [0.4, 0.5) is 5.95 Å². The Labute approximate surface area is 277 Å². The highest BCUT2D eigenvalue weighted by Gasteiger charge is 2.46. The largest absolute Gasteiger partial charge is 0.490 e. The molecule has 0 amide bonds. The predicted molar refractivity (Wildman–Crippen MR) is 178 cm³/mol. The summed E-state index contributed by atoms with van der Waals surface area (Å²) in [5.41, 5.74) is 6.21. The van der Waals surface area contributed by atoms with Crippen LogP contribution in [0, 0.1) is 0 Å². The van der Waals surface area contributed by atoms with E-state index in [-0.39, 0.29) is 24.9 Å². The first-order valence-electron chi connectivity index (χ1n) is 15.3. The number of nitrogens with zero attached hydrogens (tertiary/aromatic N) is 4. The van der Waals surface area contributed by atoms with Gasteiger partial charge in [-0.05, 0) is 38.5 Å². The highest BCUT2D eigenvalue weighted by Crippen LogP contribution is 2.41. The highest BCUT2D eigenvalue weighted by atomic mass is 31.1. The topological polar surface area (TPSA) is 182 Å². The van der Waals surface area contributed by atoms with Crippen molar-refractivity contribution in [3.05, 3.63) is 78.6 Å². The number of carbonyl (C=O) groups excluding carboxylic acids is 1. The fraction of sp³-hybridized carbons (Fsp3) is 0.333. The van der Waals surface area contributed by atoms with Gasteiger partial charge in [0.2, 0.25) is 11.8 Å². The molecule has 14 nitrogen and oxygen atoms in total. The summed E-state index contributed by atoms with van der Waals surface area (Å²) >= 11 is 0. The maximum atomic E-state index is 13.0. The fourth-order valence-corrected chi connectivity index (χ4v) is 6.61. The second-order valence-corrected chi connectivity index (χ2v) is 12.8. The minimum Gasteiger partial charge on any atom is -0.490 e. The van der Waals surface area contributed by atoms with Crippen LogP contribution in [0.2, 0.25) is 0 Å². The summed E-state index contributed by atoms with van der Waals surface area (Å²) in [7, 11) is -1.44. The molecule has 0 spiro atoms. The lowest BCUT2D eigenvalue weighted by molar-refractivity contribution is -0.150. The number of aromatic nitrogens is 4. The molecule has 1 fully saturated rings. The molecule has 0 aliphatic carbocycles. The number of imidazole rings is 1. The first kappa shape index (κ1) is 33.2. The number of carbonyl (C=O) groups is 1. The number of hydrogen-bond acceptors (Lipinski definition) is 12. The number of rotatable bonds is 12. The van der Waals surface area contributed by atoms with Crippen LogP contribution in [0.15, 0.2) is 73.1 Å². The number of methoxy groups -OCH3 is 1. The molecule has 4 N–H and O–H groups in total. The number of nitrogens with two attached hydrogens (primary N) is 1. The van der Waals surface area contributed by atoms with Crippen molar-refractivity contribution >= 4 is 42.0 Å². The molecule has 0 saturated carbocycles. The summed E-state index contributed by atoms with van der Waals surface area (Å²) in [5, 5.41) is 15.4. The molecule has 48 heavy (non-hydrogen) atoms. The first-order chi connectivity index (χ1) is 23.0. The van der Waals surface area contributed by atoms with Crippen molar-refractivity contribution in [3.8, 4) is 17.4 Å². The summed E-state index contributed by atoms with van der Waals surface area (Å²) in [4.78, 5) is 25.3. The molecular formula is C33H37N6O8P. The van der Waals surface area contributed by atoms with E-state index in [1.807, 2.05) is 54.6 Å². The Morgan fingerprint density at radius 1 is 1.10 bits per heavy atom. The van der Waals surface area contributed by atoms with Crippen LogP contribution < -0.4 is 24.8 Å². The zero-order valence-corrected chi connectivity index (χ0v) is 27.8. The van der Waals surface area contributed by atoms with E-state index in [2.05, 4.69) is 20.0 Å². The lowest BCUT2D eigenvalue weighted by Gasteiger charge is -2.24. The summed E-state index contributed by atoms with van der Waals surface area (Å²) in [6.07, 6.45) is 0.00894. The zero-order valence-electron chi connectivity index (χ0n) is 26.8. The van der Waals surface area contributed by atoms with Crippen molar-refractivity contribution < 1.29 is 37.9 Å². The van der Waals surface area contributed by atoms with E-state index in [1.54, 1.807) is 37.5 Å². The van der Waals surface area contributed by atoms with Crippen LogP contribution in [0.5, 0.6) is 17.4 Å². The highest BCUT2D eigenvalue weighted by molar-refractivity contribution is 7.37. The monoisotopic (exact) mass is 676 g/mol. The predicted octanol–water partition coefficient (Wildman–Crippen LogP) is 4.74. The first-order valence-corrected chi connectivity index (χ1v) is 16.7. The summed E-state index contributed by atoms with van der Waals surface area (Å²) in [6, 6.07) is 19.2. The minimum atomic E-state index is -2.90. The van der Waals surface area contributed by atoms with E-state index in [0.29, 0.717) is 28.0 Å². The van der Waals surface area contributed by atoms with Crippen LogP contribution in [0.1, 0.15) is 45.1 Å². The summed E-state index contributed by atoms with van der Waals surface area (Å²) in [5.74, 6) is 0.582. The SMILES string of the molecule is COc1nc(N)nc2c1ncn2C1O[C@H](COc2ccc(O[PH](=O)N[C@@H](C)C(=O)O[C@@H](C)c3ccccc3)c3ccccc23)CC1(C)O. The molecule has 1 aliphatic rings. The Bertz CT molecular complexity index is 1960. The second kappa shape index (κ2) is 13.8. The van der Waals surface area contributed by atoms with Gasteiger partial charge in [0.25, 0.3) is 0 Å². The van der Waals surface area contributed by atoms with Gasteiger partial charge in [0.05, 0.1) is 19.5 Å². The third-order valence-corrected chi connectivity index (χ3v) is 9.14. The number of fused-ring (bicyclic) bond motifs is 2. The zero-order chi connectivity index (χ0) is 34.0. The molecule has 2 aromatic heterocycles. The van der Waals surface area contributed by atoms with Crippen molar-refractivity contribution in [1.29, 1.82) is 0 Å². The van der Waals surface area contributed by atoms with Crippen molar-refractivity contribution in [1.82, 2.24) is 24.6 Å². The summed E-state index contributed by atoms with van der Waals surface area (Å²) < 4.78 is 43.7. The lowest BCUT2D eigenvalue weighted by Crippen LogP contribution is -2.32. The molecule has 15 heteroatoms. The molecule has 0 bridgehead atoms. The smallest absolute Gasteiger partial charge is 0.323 e. The molecule has 5 aromatic rings. The number of nitrogens with one attached hydrogen (secondary N) is 1. The lowest BCUT2D eigenvalue weighted by atomic mass is 10.0. The number of nitrogen functional groups attached to an aromatic ring is 1. The number of aliphatic hydroxyl groups is 1. The molecule has 3 unspecified atom stereocenters. The third-order valence-electron chi connectivity index (χ3n) is 8.07. The van der Waals surface area contributed by atoms with Gasteiger partial charge in [0.1, 0.15) is 35.9 Å². The molecule has 3 heterocycles. The minimum absolute atomic E-state index is 0.00412. The fourth-order valence-electron chi connectivity index (χ4n) is 5.70. The number of ether oxygens (including phenoxy) is 4. The third kappa shape index (κ3) is 6.92. The standard InChI is InChI=1S/C33H37N6O8P/c1-19(30(40)45-20(2)21-10-6-5-7-11-21)38-48(42)47-26-15-14-25(23-12-8-9-13-24(23)26)44-17-22-16-33(3,41)31(46-22)39-18-35-27-28(39)36-32(34)37-29(27)43-4/h5-15,18-20,22,31,41,48H,16-17H2,1-4H3,(H,38,42)(H2,34,36,37)/t19-,20-,22-,31?,33?/m0/s1. The number of anilines is 1. The Hall–Kier alpha value is -4.75. The van der Waals surface area contributed by atoms with Gasteiger partial charge < -0.3 is 34.3 Å². The Morgan fingerprint density at radius 3 is 2.52 bits per heavy atom. The van der Waals surface area contributed by atoms with E-state index >= 15 is 0 Å². The number of esters is 1. The molecular weight excluding hydrogens is 639 g/mol. The Kier molecular flexibility index (Phi) is 9.51. The van der Waals surface area contributed by atoms with Gasteiger partial charge in [-0.3, -0.25) is 13.9 Å². The van der Waals surface area contributed by atoms with Gasteiger partial charge in [-0.1, -0.05) is 54.6 Å². The molecule has 0 radical (unpaired) electrons. The Morgan fingerprint density at radius 2 is 1.79 bits per heavy atom. The van der Waals surface area contributed by atoms with Crippen molar-refractivity contribution in [3.63, 3.8) is 0 Å². The molecule has 3 aromatic carbocycles. The average molecular weight is 677 g/mol. The van der Waals surface area contributed by atoms with Crippen molar-refractivity contribution in [2.45, 2.75) is 57.3 Å². The average Bonchev–Trinajstić information content (AvgIpc) is 3.62. The van der Waals surface area contributed by atoms with Crippen LogP contribution in [-0.2, 0) is 18.8 Å². The van der Waals surface area contributed by atoms with E-state index in [0.717, 1.165) is 10.9 Å². The van der Waals surface area contributed by atoms with Gasteiger partial charge >= 0.3 is 14.1 Å². The maximum absolute atomic E-state index is 13.0. The number of hydrogen-bond donors (Lipinski definition) is 3. The number of benzene rings is 3. The molecule has 6 atom stereocenters. The maximum Gasteiger partial charge on any atom is 0.323 e. The van der Waals surface area contributed by atoms with E-state index in [4.69, 9.17) is 29.2 Å². The molecule has 1 aliphatic heterocycles. The van der Waals surface area contributed by atoms with Crippen LogP contribution in [0.3, 0.4) is 0 Å². The molecule has 1 saturated heterocycles. The summed E-state index contributed by atoms with van der Waals surface area (Å²) in [6.45, 7) is 5.15. The van der Waals surface area contributed by atoms with Gasteiger partial charge in [-0.2, -0.15) is 9.97 Å². The van der Waals surface area contributed by atoms with E-state index in [1.165, 1.54) is 13.4 Å². The van der Waals surface area contributed by atoms with Gasteiger partial charge in [-0.25, -0.2) is 10.1 Å². The van der Waals surface area contributed by atoms with Gasteiger partial charge in [0, 0.05) is 17.2 Å². The molecule has 6 rings (SSSR count). The van der Waals surface area contributed by atoms with Gasteiger partial charge in [0.15, 0.2) is 17.4 Å². The quantitative estimate of drug-likeness (QED) is 0.122. The van der Waals surface area contributed by atoms with Crippen molar-refractivity contribution in [2.24, 2.45) is 0 Å². The van der Waals surface area contributed by atoms with Crippen LogP contribution in [0.25, 0.3) is 21.9 Å². The van der Waals surface area contributed by atoms with E-state index in [9.17, 15) is 14.5 Å². The van der Waals surface area contributed by atoms with Crippen LogP contribution in [-0.4, -0.2) is 62.1 Å². The Balaban J connectivity index is 1.10. The molecule has 252 valence electrons. The van der Waals surface area contributed by atoms with Crippen LogP contribution >= 0.6 is 8.18 Å². The van der Waals surface area contributed by atoms with E-state index < -0.39 is 44.2 Å². The second-order valence-electron chi connectivity index (χ2n) is 11.8. The van der Waals surface area contributed by atoms with Crippen molar-refractivity contribution in [2.75, 3.05) is 19.5 Å².